The van der Waals surface area contributed by atoms with E-state index in [0.717, 1.165) is 23.7 Å². The number of nitrogens with one attached hydrogen (secondary N) is 1. The predicted octanol–water partition coefficient (Wildman–Crippen LogP) is 2.65. The summed E-state index contributed by atoms with van der Waals surface area (Å²) in [7, 11) is 0. The van der Waals surface area contributed by atoms with E-state index in [1.165, 1.54) is 25.0 Å². The Hall–Kier alpha value is -0.780. The van der Waals surface area contributed by atoms with Gasteiger partial charge in [0.05, 0.1) is 6.04 Å². The molecule has 116 valence electrons. The maximum Gasteiger partial charge on any atom is 0.240 e. The molecular weight excluding hydrogens is 311 g/mol. The molecule has 0 spiro atoms. The Bertz CT molecular complexity index is 475. The average molecular weight is 331 g/mol. The smallest absolute Gasteiger partial charge is 0.240 e. The van der Waals surface area contributed by atoms with Crippen molar-refractivity contribution in [1.82, 2.24) is 10.2 Å². The summed E-state index contributed by atoms with van der Waals surface area (Å²) in [5, 5.41) is 3.24. The van der Waals surface area contributed by atoms with E-state index in [2.05, 4.69) is 5.32 Å². The molecule has 3 nitrogen and oxygen atoms in total. The topological polar surface area (TPSA) is 32.3 Å². The van der Waals surface area contributed by atoms with Crippen molar-refractivity contribution in [3.63, 3.8) is 0 Å². The van der Waals surface area contributed by atoms with Crippen LogP contribution in [0.3, 0.4) is 0 Å². The highest BCUT2D eigenvalue weighted by atomic mass is 35.5. The Labute approximate surface area is 135 Å². The minimum atomic E-state index is -0.234. The fourth-order valence-electron chi connectivity index (χ4n) is 2.43. The lowest BCUT2D eigenvalue weighted by Crippen LogP contribution is -2.45. The number of hydrogen-bond donors (Lipinski definition) is 1. The molecule has 2 fully saturated rings. The van der Waals surface area contributed by atoms with E-state index >= 15 is 0 Å². The number of thioether (sulfide) groups is 1. The van der Waals surface area contributed by atoms with Gasteiger partial charge in [0.2, 0.25) is 5.91 Å². The molecule has 2 aliphatic rings. The lowest BCUT2D eigenvalue weighted by Gasteiger charge is -2.25. The lowest BCUT2D eigenvalue weighted by atomic mass is 10.1. The van der Waals surface area contributed by atoms with Crippen molar-refractivity contribution >= 4 is 30.1 Å². The Morgan fingerprint density at radius 3 is 2.62 bits per heavy atom. The molecule has 1 N–H and O–H groups in total. The summed E-state index contributed by atoms with van der Waals surface area (Å²) < 4.78 is 13.0. The van der Waals surface area contributed by atoms with Gasteiger partial charge in [0.15, 0.2) is 0 Å². The third-order valence-electron chi connectivity index (χ3n) is 3.79. The summed E-state index contributed by atoms with van der Waals surface area (Å²) in [6.07, 6.45) is 2.44. The van der Waals surface area contributed by atoms with Crippen molar-refractivity contribution in [2.75, 3.05) is 18.2 Å². The van der Waals surface area contributed by atoms with E-state index in [4.69, 9.17) is 0 Å². The largest absolute Gasteiger partial charge is 0.337 e. The van der Waals surface area contributed by atoms with E-state index in [0.29, 0.717) is 12.5 Å². The van der Waals surface area contributed by atoms with E-state index in [-0.39, 0.29) is 30.2 Å². The van der Waals surface area contributed by atoms with Crippen molar-refractivity contribution in [2.45, 2.75) is 25.4 Å². The van der Waals surface area contributed by atoms with Crippen LogP contribution in [0.4, 0.5) is 4.39 Å². The predicted molar refractivity (Wildman–Crippen MR) is 86.0 cm³/mol. The molecular formula is C15H20ClFN2OS. The zero-order valence-corrected chi connectivity index (χ0v) is 13.4. The number of halogens is 2. The number of benzene rings is 1. The summed E-state index contributed by atoms with van der Waals surface area (Å²) in [5.74, 6) is 2.32. The Morgan fingerprint density at radius 1 is 1.33 bits per heavy atom. The molecule has 1 aliphatic heterocycles. The van der Waals surface area contributed by atoms with Crippen LogP contribution in [-0.2, 0) is 11.3 Å². The number of nitrogens with zero attached hydrogens (tertiary/aromatic N) is 1. The molecule has 0 bridgehead atoms. The normalized spacial score (nSPS) is 20.9. The first-order chi connectivity index (χ1) is 9.72. The molecule has 1 saturated heterocycles. The van der Waals surface area contributed by atoms with Gasteiger partial charge in [-0.15, -0.1) is 24.2 Å². The van der Waals surface area contributed by atoms with Crippen molar-refractivity contribution in [3.05, 3.63) is 35.6 Å². The second kappa shape index (κ2) is 7.47. The molecule has 1 atom stereocenters. The summed E-state index contributed by atoms with van der Waals surface area (Å²) in [6, 6.07) is 6.38. The van der Waals surface area contributed by atoms with Crippen LogP contribution in [0, 0.1) is 11.7 Å². The third kappa shape index (κ3) is 4.59. The van der Waals surface area contributed by atoms with Crippen LogP contribution in [0.1, 0.15) is 18.4 Å². The van der Waals surface area contributed by atoms with Crippen LogP contribution in [0.25, 0.3) is 0 Å². The van der Waals surface area contributed by atoms with Crippen molar-refractivity contribution in [1.29, 1.82) is 0 Å². The molecule has 1 aromatic rings. The molecule has 1 unspecified atom stereocenters. The van der Waals surface area contributed by atoms with Crippen molar-refractivity contribution in [3.8, 4) is 0 Å². The summed E-state index contributed by atoms with van der Waals surface area (Å²) in [5.41, 5.74) is 0.992. The fraction of sp³-hybridized carbons (Fsp3) is 0.533. The highest BCUT2D eigenvalue weighted by Crippen LogP contribution is 2.30. The van der Waals surface area contributed by atoms with Gasteiger partial charge in [-0.05, 0) is 36.5 Å². The van der Waals surface area contributed by atoms with Crippen LogP contribution in [0.15, 0.2) is 24.3 Å². The quantitative estimate of drug-likeness (QED) is 0.901. The fourth-order valence-corrected chi connectivity index (χ4v) is 3.36. The van der Waals surface area contributed by atoms with Crippen molar-refractivity contribution in [2.24, 2.45) is 5.92 Å². The zero-order valence-electron chi connectivity index (χ0n) is 11.8. The van der Waals surface area contributed by atoms with Gasteiger partial charge in [-0.25, -0.2) is 4.39 Å². The maximum atomic E-state index is 13.0. The average Bonchev–Trinajstić information content (AvgIpc) is 3.10. The van der Waals surface area contributed by atoms with Crippen LogP contribution in [0.5, 0.6) is 0 Å². The van der Waals surface area contributed by atoms with Crippen molar-refractivity contribution < 1.29 is 9.18 Å². The lowest BCUT2D eigenvalue weighted by molar-refractivity contribution is -0.133. The van der Waals surface area contributed by atoms with Gasteiger partial charge in [-0.1, -0.05) is 12.1 Å². The van der Waals surface area contributed by atoms with Gasteiger partial charge in [-0.2, -0.15) is 0 Å². The second-order valence-electron chi connectivity index (χ2n) is 5.56. The third-order valence-corrected chi connectivity index (χ3v) is 4.73. The Balaban J connectivity index is 0.00000161. The molecule has 6 heteroatoms. The van der Waals surface area contributed by atoms with Gasteiger partial charge in [0.25, 0.3) is 0 Å². The highest BCUT2D eigenvalue weighted by molar-refractivity contribution is 7.99. The van der Waals surface area contributed by atoms with Gasteiger partial charge < -0.3 is 4.90 Å². The first-order valence-electron chi connectivity index (χ1n) is 7.07. The first kappa shape index (κ1) is 16.6. The molecule has 1 aliphatic carbocycles. The van der Waals surface area contributed by atoms with Crippen LogP contribution in [-0.4, -0.2) is 35.0 Å². The van der Waals surface area contributed by atoms with Gasteiger partial charge >= 0.3 is 0 Å². The number of hydrogen-bond acceptors (Lipinski definition) is 3. The van der Waals surface area contributed by atoms with Crippen LogP contribution >= 0.6 is 24.2 Å². The Morgan fingerprint density at radius 2 is 2.05 bits per heavy atom. The maximum absolute atomic E-state index is 13.0. The standard InChI is InChI=1S/C15H19FN2OS.ClH/c16-13-5-3-12(4-6-13)8-18(7-11-1-2-11)15(19)14-9-20-10-17-14;/h3-6,11,14,17H,1-2,7-10H2;1H. The molecule has 1 amide bonds. The van der Waals surface area contributed by atoms with E-state index < -0.39 is 0 Å². The number of rotatable bonds is 5. The molecule has 0 aromatic heterocycles. The minimum absolute atomic E-state index is 0. The molecule has 1 aromatic carbocycles. The second-order valence-corrected chi connectivity index (χ2v) is 6.59. The molecule has 3 rings (SSSR count). The first-order valence-corrected chi connectivity index (χ1v) is 8.22. The van der Waals surface area contributed by atoms with E-state index in [1.54, 1.807) is 23.9 Å². The zero-order chi connectivity index (χ0) is 13.9. The van der Waals surface area contributed by atoms with Crippen LogP contribution < -0.4 is 5.32 Å². The number of amides is 1. The van der Waals surface area contributed by atoms with Crippen LogP contribution in [0.2, 0.25) is 0 Å². The molecule has 1 heterocycles. The molecule has 1 saturated carbocycles. The van der Waals surface area contributed by atoms with Gasteiger partial charge in [-0.3, -0.25) is 10.1 Å². The van der Waals surface area contributed by atoms with Gasteiger partial charge in [0.1, 0.15) is 5.82 Å². The number of carbonyl (C=O) groups is 1. The highest BCUT2D eigenvalue weighted by Gasteiger charge is 2.31. The monoisotopic (exact) mass is 330 g/mol. The van der Waals surface area contributed by atoms with Gasteiger partial charge in [0, 0.05) is 24.7 Å². The van der Waals surface area contributed by atoms with E-state index in [1.807, 2.05) is 4.90 Å². The summed E-state index contributed by atoms with van der Waals surface area (Å²) >= 11 is 1.76. The summed E-state index contributed by atoms with van der Waals surface area (Å²) in [6.45, 7) is 1.41. The molecule has 21 heavy (non-hydrogen) atoms. The summed E-state index contributed by atoms with van der Waals surface area (Å²) in [4.78, 5) is 14.5. The Kier molecular flexibility index (Phi) is 5.90. The van der Waals surface area contributed by atoms with E-state index in [9.17, 15) is 9.18 Å². The number of carbonyl (C=O) groups excluding carboxylic acids is 1. The molecule has 0 radical (unpaired) electrons. The SMILES string of the molecule is Cl.O=C(C1CSCN1)N(Cc1ccc(F)cc1)CC1CC1. The minimum Gasteiger partial charge on any atom is -0.337 e.